The van der Waals surface area contributed by atoms with Gasteiger partial charge in [0.2, 0.25) is 0 Å². The fourth-order valence-corrected chi connectivity index (χ4v) is 1.30. The summed E-state index contributed by atoms with van der Waals surface area (Å²) in [5.74, 6) is 1.33. The fraction of sp³-hybridized carbons (Fsp3) is 0.500. The molecule has 1 rings (SSSR count). The quantitative estimate of drug-likeness (QED) is 0.757. The second-order valence-corrected chi connectivity index (χ2v) is 4.02. The largest absolute Gasteiger partial charge is 0.497 e. The van der Waals surface area contributed by atoms with Gasteiger partial charge in [-0.1, -0.05) is 13.8 Å². The van der Waals surface area contributed by atoms with Gasteiger partial charge in [0.15, 0.2) is 0 Å². The van der Waals surface area contributed by atoms with Gasteiger partial charge in [-0.3, -0.25) is 0 Å². The maximum absolute atomic E-state index is 5.73. The molecule has 0 fully saturated rings. The molecule has 0 aromatic heterocycles. The van der Waals surface area contributed by atoms with Crippen molar-refractivity contribution in [2.24, 2.45) is 5.92 Å². The average molecular weight is 209 g/mol. The summed E-state index contributed by atoms with van der Waals surface area (Å²) in [7, 11) is 1.63. The second kappa shape index (κ2) is 5.61. The van der Waals surface area contributed by atoms with Gasteiger partial charge < -0.3 is 15.2 Å². The predicted octanol–water partition coefficient (Wildman–Crippen LogP) is 2.45. The lowest BCUT2D eigenvalue weighted by Gasteiger charge is -2.09. The molecule has 0 aliphatic rings. The van der Waals surface area contributed by atoms with E-state index in [1.165, 1.54) is 0 Å². The highest BCUT2D eigenvalue weighted by atomic mass is 16.5. The molecular weight excluding hydrogens is 190 g/mol. The van der Waals surface area contributed by atoms with E-state index in [0.29, 0.717) is 18.2 Å². The van der Waals surface area contributed by atoms with Crippen molar-refractivity contribution in [2.45, 2.75) is 20.5 Å². The van der Waals surface area contributed by atoms with Crippen molar-refractivity contribution in [3.63, 3.8) is 0 Å². The molecule has 0 bridgehead atoms. The monoisotopic (exact) mass is 209 g/mol. The summed E-state index contributed by atoms with van der Waals surface area (Å²) in [5, 5.41) is 0. The van der Waals surface area contributed by atoms with Crippen molar-refractivity contribution in [2.75, 3.05) is 19.5 Å². The van der Waals surface area contributed by atoms with E-state index in [1.807, 2.05) is 12.1 Å². The van der Waals surface area contributed by atoms with Gasteiger partial charge in [-0.15, -0.1) is 0 Å². The van der Waals surface area contributed by atoms with Gasteiger partial charge in [0, 0.05) is 18.4 Å². The number of nitrogen functional groups attached to an aromatic ring is 1. The Morgan fingerprint density at radius 2 is 2.00 bits per heavy atom. The van der Waals surface area contributed by atoms with Gasteiger partial charge in [0.05, 0.1) is 13.7 Å². The average Bonchev–Trinajstić information content (AvgIpc) is 2.16. The molecule has 2 N–H and O–H groups in total. The van der Waals surface area contributed by atoms with Gasteiger partial charge in [-0.2, -0.15) is 0 Å². The highest BCUT2D eigenvalue weighted by Gasteiger charge is 2.00. The van der Waals surface area contributed by atoms with Crippen LogP contribution in [0.3, 0.4) is 0 Å². The first-order valence-electron chi connectivity index (χ1n) is 5.13. The Bertz CT molecular complexity index is 310. The summed E-state index contributed by atoms with van der Waals surface area (Å²) in [5.41, 5.74) is 7.49. The molecular formula is C12H19NO2. The number of anilines is 1. The van der Waals surface area contributed by atoms with Crippen LogP contribution >= 0.6 is 0 Å². The molecule has 3 nitrogen and oxygen atoms in total. The summed E-state index contributed by atoms with van der Waals surface area (Å²) >= 11 is 0. The van der Waals surface area contributed by atoms with Crippen LogP contribution in [-0.4, -0.2) is 13.7 Å². The van der Waals surface area contributed by atoms with E-state index >= 15 is 0 Å². The summed E-state index contributed by atoms with van der Waals surface area (Å²) in [6.45, 7) is 5.59. The summed E-state index contributed by atoms with van der Waals surface area (Å²) in [6, 6.07) is 5.64. The fourth-order valence-electron chi connectivity index (χ4n) is 1.30. The molecule has 0 saturated heterocycles. The molecule has 1 aromatic carbocycles. The number of rotatable bonds is 5. The molecule has 3 heteroatoms. The zero-order valence-electron chi connectivity index (χ0n) is 9.62. The molecule has 84 valence electrons. The Morgan fingerprint density at radius 3 is 2.60 bits per heavy atom. The first-order valence-corrected chi connectivity index (χ1v) is 5.13. The van der Waals surface area contributed by atoms with Crippen molar-refractivity contribution in [1.29, 1.82) is 0 Å². The minimum atomic E-state index is 0.549. The van der Waals surface area contributed by atoms with Gasteiger partial charge in [-0.25, -0.2) is 0 Å². The number of hydrogen-bond acceptors (Lipinski definition) is 3. The number of benzene rings is 1. The molecule has 0 heterocycles. The van der Waals surface area contributed by atoms with Crippen LogP contribution in [-0.2, 0) is 11.3 Å². The Balaban J connectivity index is 2.56. The van der Waals surface area contributed by atoms with Crippen LogP contribution in [0.2, 0.25) is 0 Å². The SMILES string of the molecule is COc1cc(N)cc(COCC(C)C)c1. The van der Waals surface area contributed by atoms with Crippen LogP contribution in [0.4, 0.5) is 5.69 Å². The van der Waals surface area contributed by atoms with E-state index in [1.54, 1.807) is 13.2 Å². The molecule has 15 heavy (non-hydrogen) atoms. The van der Waals surface area contributed by atoms with Crippen molar-refractivity contribution < 1.29 is 9.47 Å². The third kappa shape index (κ3) is 4.21. The topological polar surface area (TPSA) is 44.5 Å². The van der Waals surface area contributed by atoms with Crippen molar-refractivity contribution in [3.8, 4) is 5.75 Å². The van der Waals surface area contributed by atoms with Gasteiger partial charge in [0.1, 0.15) is 5.75 Å². The normalized spacial score (nSPS) is 10.7. The summed E-state index contributed by atoms with van der Waals surface area (Å²) < 4.78 is 10.7. The zero-order valence-corrected chi connectivity index (χ0v) is 9.62. The molecule has 0 saturated carbocycles. The molecule has 0 atom stereocenters. The zero-order chi connectivity index (χ0) is 11.3. The number of ether oxygens (including phenoxy) is 2. The van der Waals surface area contributed by atoms with E-state index in [0.717, 1.165) is 17.9 Å². The maximum Gasteiger partial charge on any atom is 0.121 e. The van der Waals surface area contributed by atoms with Crippen LogP contribution in [0.5, 0.6) is 5.75 Å². The molecule has 1 aromatic rings. The second-order valence-electron chi connectivity index (χ2n) is 4.02. The Hall–Kier alpha value is -1.22. The van der Waals surface area contributed by atoms with Crippen molar-refractivity contribution in [3.05, 3.63) is 23.8 Å². The van der Waals surface area contributed by atoms with E-state index in [-0.39, 0.29) is 0 Å². The molecule has 0 radical (unpaired) electrons. The van der Waals surface area contributed by atoms with Crippen molar-refractivity contribution in [1.82, 2.24) is 0 Å². The smallest absolute Gasteiger partial charge is 0.121 e. The predicted molar refractivity (Wildman–Crippen MR) is 61.9 cm³/mol. The van der Waals surface area contributed by atoms with Gasteiger partial charge in [0.25, 0.3) is 0 Å². The van der Waals surface area contributed by atoms with Gasteiger partial charge in [-0.05, 0) is 23.6 Å². The Labute approximate surface area is 91.2 Å². The lowest BCUT2D eigenvalue weighted by atomic mass is 10.2. The Kier molecular flexibility index (Phi) is 4.43. The Morgan fingerprint density at radius 1 is 1.27 bits per heavy atom. The first kappa shape index (κ1) is 11.9. The third-order valence-corrected chi connectivity index (χ3v) is 1.94. The number of hydrogen-bond donors (Lipinski definition) is 1. The van der Waals surface area contributed by atoms with Crippen LogP contribution in [0.15, 0.2) is 18.2 Å². The minimum Gasteiger partial charge on any atom is -0.497 e. The molecule has 0 aliphatic carbocycles. The van der Waals surface area contributed by atoms with Gasteiger partial charge >= 0.3 is 0 Å². The number of methoxy groups -OCH3 is 1. The summed E-state index contributed by atoms with van der Waals surface area (Å²) in [6.07, 6.45) is 0. The van der Waals surface area contributed by atoms with Crippen LogP contribution in [0, 0.1) is 5.92 Å². The van der Waals surface area contributed by atoms with Crippen LogP contribution < -0.4 is 10.5 Å². The van der Waals surface area contributed by atoms with E-state index in [4.69, 9.17) is 15.2 Å². The molecule has 0 aliphatic heterocycles. The first-order chi connectivity index (χ1) is 7.11. The third-order valence-electron chi connectivity index (χ3n) is 1.94. The lowest BCUT2D eigenvalue weighted by Crippen LogP contribution is -2.02. The highest BCUT2D eigenvalue weighted by molar-refractivity contribution is 5.47. The van der Waals surface area contributed by atoms with Crippen LogP contribution in [0.1, 0.15) is 19.4 Å². The minimum absolute atomic E-state index is 0.549. The van der Waals surface area contributed by atoms with Crippen LogP contribution in [0.25, 0.3) is 0 Å². The van der Waals surface area contributed by atoms with E-state index < -0.39 is 0 Å². The standard InChI is InChI=1S/C12H19NO2/c1-9(2)7-15-8-10-4-11(13)6-12(5-10)14-3/h4-6,9H,7-8,13H2,1-3H3. The maximum atomic E-state index is 5.73. The van der Waals surface area contributed by atoms with E-state index in [2.05, 4.69) is 13.8 Å². The number of nitrogens with two attached hydrogens (primary N) is 1. The highest BCUT2D eigenvalue weighted by Crippen LogP contribution is 2.19. The van der Waals surface area contributed by atoms with Crippen molar-refractivity contribution >= 4 is 5.69 Å². The summed E-state index contributed by atoms with van der Waals surface area (Å²) in [4.78, 5) is 0. The lowest BCUT2D eigenvalue weighted by molar-refractivity contribution is 0.0970. The molecule has 0 unspecified atom stereocenters. The molecule has 0 spiro atoms. The molecule has 0 amide bonds. The van der Waals surface area contributed by atoms with E-state index in [9.17, 15) is 0 Å².